The van der Waals surface area contributed by atoms with Gasteiger partial charge in [-0.2, -0.15) is 13.2 Å². The van der Waals surface area contributed by atoms with Crippen molar-refractivity contribution in [3.05, 3.63) is 99.6 Å². The minimum Gasteiger partial charge on any atom is -0.345 e. The lowest BCUT2D eigenvalue weighted by Crippen LogP contribution is -2.24. The minimum absolute atomic E-state index is 0.0783. The van der Waals surface area contributed by atoms with Crippen LogP contribution in [-0.4, -0.2) is 22.1 Å². The Balaban J connectivity index is 1.77. The first kappa shape index (κ1) is 23.5. The van der Waals surface area contributed by atoms with E-state index in [9.17, 15) is 18.0 Å². The number of aryl methyl sites for hydroxylation is 2. The van der Waals surface area contributed by atoms with E-state index in [2.05, 4.69) is 15.3 Å². The van der Waals surface area contributed by atoms with E-state index < -0.39 is 12.1 Å². The third-order valence-electron chi connectivity index (χ3n) is 4.78. The predicted molar refractivity (Wildman–Crippen MR) is 118 cm³/mol. The Morgan fingerprint density at radius 1 is 1.12 bits per heavy atom. The van der Waals surface area contributed by atoms with Crippen molar-refractivity contribution >= 4 is 23.6 Å². The maximum atomic E-state index is 13.7. The van der Waals surface area contributed by atoms with Gasteiger partial charge >= 0.3 is 6.18 Å². The van der Waals surface area contributed by atoms with Crippen LogP contribution in [0.25, 0.3) is 6.08 Å². The van der Waals surface area contributed by atoms with E-state index in [4.69, 9.17) is 11.6 Å². The normalized spacial score (nSPS) is 12.7. The first-order chi connectivity index (χ1) is 15.1. The molecular weight excluding hydrogens is 439 g/mol. The summed E-state index contributed by atoms with van der Waals surface area (Å²) in [5, 5.41) is 2.99. The zero-order valence-electron chi connectivity index (χ0n) is 17.4. The summed E-state index contributed by atoms with van der Waals surface area (Å²) in [5.74, 6) is -1.63. The van der Waals surface area contributed by atoms with E-state index >= 15 is 0 Å². The third-order valence-corrected chi connectivity index (χ3v) is 5.00. The SMILES string of the molecule is Cc1cc(Cl)cc(C(/C=C/c2ccc(C(=O)NCc3ncccn3)c(C)c2)C(F)(F)F)c1. The average molecular weight is 460 g/mol. The molecule has 1 N–H and O–H groups in total. The van der Waals surface area contributed by atoms with Gasteiger partial charge in [0.25, 0.3) is 5.91 Å². The molecule has 0 saturated heterocycles. The molecule has 3 rings (SSSR count). The number of rotatable bonds is 6. The summed E-state index contributed by atoms with van der Waals surface area (Å²) in [4.78, 5) is 20.5. The highest BCUT2D eigenvalue weighted by molar-refractivity contribution is 6.30. The second-order valence-electron chi connectivity index (χ2n) is 7.36. The molecule has 0 saturated carbocycles. The molecule has 0 aliphatic heterocycles. The van der Waals surface area contributed by atoms with E-state index in [-0.39, 0.29) is 23.0 Å². The molecular formula is C24H21ClF3N3O. The van der Waals surface area contributed by atoms with Crippen molar-refractivity contribution in [3.63, 3.8) is 0 Å². The van der Waals surface area contributed by atoms with E-state index in [0.717, 1.165) is 6.08 Å². The highest BCUT2D eigenvalue weighted by Crippen LogP contribution is 2.37. The van der Waals surface area contributed by atoms with Crippen LogP contribution in [0.3, 0.4) is 0 Å². The molecule has 1 aromatic heterocycles. The van der Waals surface area contributed by atoms with Gasteiger partial charge in [-0.05, 0) is 60.4 Å². The van der Waals surface area contributed by atoms with Gasteiger partial charge in [0.05, 0.1) is 12.5 Å². The number of nitrogens with one attached hydrogen (secondary N) is 1. The lowest BCUT2D eigenvalue weighted by atomic mass is 9.95. The zero-order chi connectivity index (χ0) is 23.3. The molecule has 166 valence electrons. The molecule has 1 atom stereocenters. The number of carbonyl (C=O) groups excluding carboxylic acids is 1. The number of benzene rings is 2. The predicted octanol–water partition coefficient (Wildman–Crippen LogP) is 6.04. The zero-order valence-corrected chi connectivity index (χ0v) is 18.2. The molecule has 0 aliphatic carbocycles. The summed E-state index contributed by atoms with van der Waals surface area (Å²) in [5.41, 5.74) is 2.35. The molecule has 8 heteroatoms. The smallest absolute Gasteiger partial charge is 0.345 e. The fraction of sp³-hybridized carbons (Fsp3) is 0.208. The van der Waals surface area contributed by atoms with Crippen molar-refractivity contribution in [2.75, 3.05) is 0 Å². The van der Waals surface area contributed by atoms with Gasteiger partial charge in [0, 0.05) is 23.0 Å². The number of halogens is 4. The van der Waals surface area contributed by atoms with Gasteiger partial charge in [-0.1, -0.05) is 42.0 Å². The molecule has 0 radical (unpaired) electrons. The second kappa shape index (κ2) is 9.96. The third kappa shape index (κ3) is 6.17. The number of carbonyl (C=O) groups is 1. The first-order valence-corrected chi connectivity index (χ1v) is 10.2. The summed E-state index contributed by atoms with van der Waals surface area (Å²) < 4.78 is 41.1. The standard InChI is InChI=1S/C24H21ClF3N3O/c1-15-10-18(13-19(25)11-15)21(24(26,27)28)7-5-17-4-6-20(16(2)12-17)23(32)31-14-22-29-8-3-9-30-22/h3-13,21H,14H2,1-2H3,(H,31,32)/b7-5+. The lowest BCUT2D eigenvalue weighted by Gasteiger charge is -2.18. The Hall–Kier alpha value is -3.19. The molecule has 4 nitrogen and oxygen atoms in total. The number of hydrogen-bond donors (Lipinski definition) is 1. The number of hydrogen-bond acceptors (Lipinski definition) is 3. The van der Waals surface area contributed by atoms with Crippen LogP contribution in [0.1, 0.15) is 44.4 Å². The van der Waals surface area contributed by atoms with Crippen LogP contribution in [-0.2, 0) is 6.54 Å². The molecule has 3 aromatic rings. The van der Waals surface area contributed by atoms with Crippen LogP contribution in [0.5, 0.6) is 0 Å². The Labute approximate surface area is 189 Å². The van der Waals surface area contributed by atoms with E-state index in [0.29, 0.717) is 28.1 Å². The molecule has 0 spiro atoms. The molecule has 32 heavy (non-hydrogen) atoms. The Morgan fingerprint density at radius 2 is 1.84 bits per heavy atom. The molecule has 1 heterocycles. The van der Waals surface area contributed by atoms with Crippen molar-refractivity contribution in [2.24, 2.45) is 0 Å². The van der Waals surface area contributed by atoms with Gasteiger partial charge in [-0.3, -0.25) is 4.79 Å². The summed E-state index contributed by atoms with van der Waals surface area (Å²) >= 11 is 5.96. The number of aromatic nitrogens is 2. The minimum atomic E-state index is -4.47. The van der Waals surface area contributed by atoms with Gasteiger partial charge in [0.2, 0.25) is 0 Å². The van der Waals surface area contributed by atoms with Gasteiger partial charge in [0.1, 0.15) is 5.82 Å². The molecule has 0 aliphatic rings. The molecule has 0 fully saturated rings. The van der Waals surface area contributed by atoms with Crippen molar-refractivity contribution in [1.82, 2.24) is 15.3 Å². The maximum Gasteiger partial charge on any atom is 0.399 e. The van der Waals surface area contributed by atoms with Crippen LogP contribution in [0.15, 0.2) is 60.9 Å². The highest BCUT2D eigenvalue weighted by atomic mass is 35.5. The number of allylic oxidation sites excluding steroid dienone is 1. The summed E-state index contributed by atoms with van der Waals surface area (Å²) in [6.07, 6.45) is 1.20. The monoisotopic (exact) mass is 459 g/mol. The van der Waals surface area contributed by atoms with Crippen molar-refractivity contribution in [1.29, 1.82) is 0 Å². The van der Waals surface area contributed by atoms with Gasteiger partial charge in [-0.15, -0.1) is 0 Å². The largest absolute Gasteiger partial charge is 0.399 e. The van der Waals surface area contributed by atoms with Crippen LogP contribution in [0.4, 0.5) is 13.2 Å². The van der Waals surface area contributed by atoms with E-state index in [1.165, 1.54) is 18.2 Å². The highest BCUT2D eigenvalue weighted by Gasteiger charge is 2.39. The van der Waals surface area contributed by atoms with E-state index in [1.54, 1.807) is 56.6 Å². The van der Waals surface area contributed by atoms with Crippen molar-refractivity contribution in [3.8, 4) is 0 Å². The average Bonchev–Trinajstić information content (AvgIpc) is 2.71. The Bertz CT molecular complexity index is 1110. The summed E-state index contributed by atoms with van der Waals surface area (Å²) in [7, 11) is 0. The lowest BCUT2D eigenvalue weighted by molar-refractivity contribution is -0.139. The quantitative estimate of drug-likeness (QED) is 0.489. The Morgan fingerprint density at radius 3 is 2.47 bits per heavy atom. The van der Waals surface area contributed by atoms with Crippen LogP contribution < -0.4 is 5.32 Å². The topological polar surface area (TPSA) is 54.9 Å². The first-order valence-electron chi connectivity index (χ1n) is 9.80. The summed E-state index contributed by atoms with van der Waals surface area (Å²) in [6.45, 7) is 3.60. The van der Waals surface area contributed by atoms with Crippen LogP contribution >= 0.6 is 11.6 Å². The second-order valence-corrected chi connectivity index (χ2v) is 7.80. The Kier molecular flexibility index (Phi) is 7.30. The van der Waals surface area contributed by atoms with Gasteiger partial charge < -0.3 is 5.32 Å². The number of amides is 1. The molecule has 1 amide bonds. The number of alkyl halides is 3. The fourth-order valence-corrected chi connectivity index (χ4v) is 3.58. The molecule has 2 aromatic carbocycles. The van der Waals surface area contributed by atoms with Crippen molar-refractivity contribution < 1.29 is 18.0 Å². The molecule has 1 unspecified atom stereocenters. The van der Waals surface area contributed by atoms with Crippen LogP contribution in [0, 0.1) is 13.8 Å². The fourth-order valence-electron chi connectivity index (χ4n) is 3.28. The van der Waals surface area contributed by atoms with Crippen LogP contribution in [0.2, 0.25) is 5.02 Å². The van der Waals surface area contributed by atoms with Gasteiger partial charge in [0.15, 0.2) is 0 Å². The van der Waals surface area contributed by atoms with Gasteiger partial charge in [-0.25, -0.2) is 9.97 Å². The summed E-state index contributed by atoms with van der Waals surface area (Å²) in [6, 6.07) is 10.9. The maximum absolute atomic E-state index is 13.7. The van der Waals surface area contributed by atoms with E-state index in [1.807, 2.05) is 0 Å². The van der Waals surface area contributed by atoms with Crippen molar-refractivity contribution in [2.45, 2.75) is 32.5 Å². The number of nitrogens with zero attached hydrogens (tertiary/aromatic N) is 2. The molecule has 0 bridgehead atoms.